The van der Waals surface area contributed by atoms with E-state index in [1.807, 2.05) is 0 Å². The zero-order chi connectivity index (χ0) is 8.43. The van der Waals surface area contributed by atoms with Crippen LogP contribution in [0.1, 0.15) is 40.0 Å². The van der Waals surface area contributed by atoms with Crippen molar-refractivity contribution in [1.29, 1.82) is 0 Å². The number of rotatable bonds is 1. The lowest BCUT2D eigenvalue weighted by molar-refractivity contribution is -0.128. The van der Waals surface area contributed by atoms with Gasteiger partial charge in [0.25, 0.3) is 0 Å². The van der Waals surface area contributed by atoms with E-state index in [9.17, 15) is 4.79 Å². The standard InChI is InChI=1S/C10H18O/c1-7(2)10-8(3)5-4-6-9(10)11/h7-8,10H,4-6H2,1-3H3/t8-,10+/m1/s1. The highest BCUT2D eigenvalue weighted by Gasteiger charge is 2.30. The van der Waals surface area contributed by atoms with Crippen LogP contribution in [0.2, 0.25) is 0 Å². The van der Waals surface area contributed by atoms with Crippen LogP contribution < -0.4 is 0 Å². The van der Waals surface area contributed by atoms with Crippen molar-refractivity contribution in [3.63, 3.8) is 0 Å². The van der Waals surface area contributed by atoms with Crippen LogP contribution in [0.15, 0.2) is 0 Å². The lowest BCUT2D eigenvalue weighted by atomic mass is 9.74. The van der Waals surface area contributed by atoms with Gasteiger partial charge in [0, 0.05) is 12.3 Å². The van der Waals surface area contributed by atoms with E-state index >= 15 is 0 Å². The molecule has 1 nitrogen and oxygen atoms in total. The topological polar surface area (TPSA) is 17.1 Å². The van der Waals surface area contributed by atoms with E-state index in [0.29, 0.717) is 23.5 Å². The van der Waals surface area contributed by atoms with Gasteiger partial charge < -0.3 is 0 Å². The summed E-state index contributed by atoms with van der Waals surface area (Å²) in [5, 5.41) is 0. The third kappa shape index (κ3) is 1.82. The van der Waals surface area contributed by atoms with Crippen molar-refractivity contribution >= 4 is 5.78 Å². The molecule has 0 unspecified atom stereocenters. The van der Waals surface area contributed by atoms with Crippen LogP contribution in [0.3, 0.4) is 0 Å². The van der Waals surface area contributed by atoms with Crippen LogP contribution in [0.4, 0.5) is 0 Å². The van der Waals surface area contributed by atoms with E-state index < -0.39 is 0 Å². The Bertz CT molecular complexity index is 149. The zero-order valence-electron chi connectivity index (χ0n) is 7.76. The first-order chi connectivity index (χ1) is 5.13. The summed E-state index contributed by atoms with van der Waals surface area (Å²) in [7, 11) is 0. The van der Waals surface area contributed by atoms with Crippen molar-refractivity contribution in [2.24, 2.45) is 17.8 Å². The molecule has 1 fully saturated rings. The normalized spacial score (nSPS) is 32.9. The lowest BCUT2D eigenvalue weighted by Gasteiger charge is -2.30. The highest BCUT2D eigenvalue weighted by atomic mass is 16.1. The molecule has 1 aliphatic carbocycles. The monoisotopic (exact) mass is 154 g/mol. The predicted octanol–water partition coefficient (Wildman–Crippen LogP) is 2.65. The van der Waals surface area contributed by atoms with Gasteiger partial charge in [0.2, 0.25) is 0 Å². The van der Waals surface area contributed by atoms with Crippen LogP contribution in [0.25, 0.3) is 0 Å². The number of Topliss-reactive ketones (excluding diaryl/α,β-unsaturated/α-hetero) is 1. The van der Waals surface area contributed by atoms with Crippen LogP contribution >= 0.6 is 0 Å². The highest BCUT2D eigenvalue weighted by molar-refractivity contribution is 5.82. The largest absolute Gasteiger partial charge is 0.299 e. The minimum absolute atomic E-state index is 0.351. The van der Waals surface area contributed by atoms with Gasteiger partial charge in [0.15, 0.2) is 0 Å². The average molecular weight is 154 g/mol. The highest BCUT2D eigenvalue weighted by Crippen LogP contribution is 2.31. The molecule has 0 bridgehead atoms. The maximum absolute atomic E-state index is 11.4. The lowest BCUT2D eigenvalue weighted by Crippen LogP contribution is -2.30. The molecule has 64 valence electrons. The van der Waals surface area contributed by atoms with E-state index in [1.54, 1.807) is 0 Å². The van der Waals surface area contributed by atoms with Gasteiger partial charge in [-0.1, -0.05) is 20.8 Å². The van der Waals surface area contributed by atoms with Gasteiger partial charge in [-0.3, -0.25) is 4.79 Å². The molecule has 11 heavy (non-hydrogen) atoms. The Hall–Kier alpha value is -0.330. The molecule has 0 aromatic carbocycles. The van der Waals surface area contributed by atoms with Crippen molar-refractivity contribution in [2.45, 2.75) is 40.0 Å². The second kappa shape index (κ2) is 3.38. The van der Waals surface area contributed by atoms with E-state index in [0.717, 1.165) is 12.8 Å². The van der Waals surface area contributed by atoms with Crippen molar-refractivity contribution in [3.05, 3.63) is 0 Å². The molecule has 1 rings (SSSR count). The third-order valence-corrected chi connectivity index (χ3v) is 2.79. The Morgan fingerprint density at radius 3 is 2.45 bits per heavy atom. The summed E-state index contributed by atoms with van der Waals surface area (Å²) in [5.41, 5.74) is 0. The molecular formula is C10H18O. The van der Waals surface area contributed by atoms with E-state index in [2.05, 4.69) is 20.8 Å². The van der Waals surface area contributed by atoms with Crippen molar-refractivity contribution in [2.75, 3.05) is 0 Å². The molecule has 0 radical (unpaired) electrons. The Kier molecular flexibility index (Phi) is 2.69. The van der Waals surface area contributed by atoms with Gasteiger partial charge in [0.05, 0.1) is 0 Å². The smallest absolute Gasteiger partial charge is 0.136 e. The first kappa shape index (κ1) is 8.76. The van der Waals surface area contributed by atoms with Gasteiger partial charge >= 0.3 is 0 Å². The summed E-state index contributed by atoms with van der Waals surface area (Å²) in [6.45, 7) is 6.52. The molecule has 0 amide bonds. The van der Waals surface area contributed by atoms with Gasteiger partial charge in [-0.05, 0) is 24.7 Å². The molecule has 2 atom stereocenters. The van der Waals surface area contributed by atoms with Crippen LogP contribution in [0.5, 0.6) is 0 Å². The second-order valence-corrected chi connectivity index (χ2v) is 4.11. The Morgan fingerprint density at radius 1 is 1.45 bits per heavy atom. The van der Waals surface area contributed by atoms with Crippen molar-refractivity contribution < 1.29 is 4.79 Å². The van der Waals surface area contributed by atoms with E-state index in [4.69, 9.17) is 0 Å². The fraction of sp³-hybridized carbons (Fsp3) is 0.900. The molecule has 1 aliphatic rings. The average Bonchev–Trinajstić information content (AvgIpc) is 1.85. The van der Waals surface area contributed by atoms with Gasteiger partial charge in [-0.15, -0.1) is 0 Å². The van der Waals surface area contributed by atoms with E-state index in [1.165, 1.54) is 6.42 Å². The summed E-state index contributed by atoms with van der Waals surface area (Å²) in [5.74, 6) is 2.01. The zero-order valence-corrected chi connectivity index (χ0v) is 7.76. The predicted molar refractivity (Wildman–Crippen MR) is 46.4 cm³/mol. The molecule has 0 heterocycles. The number of carbonyl (C=O) groups is 1. The molecule has 0 aliphatic heterocycles. The van der Waals surface area contributed by atoms with Gasteiger partial charge in [-0.25, -0.2) is 0 Å². The summed E-state index contributed by atoms with van der Waals surface area (Å²) in [4.78, 5) is 11.4. The molecule has 1 saturated carbocycles. The Balaban J connectivity index is 2.63. The summed E-state index contributed by atoms with van der Waals surface area (Å²) >= 11 is 0. The fourth-order valence-electron chi connectivity index (χ4n) is 2.29. The molecule has 0 aromatic rings. The first-order valence-corrected chi connectivity index (χ1v) is 4.65. The fourth-order valence-corrected chi connectivity index (χ4v) is 2.29. The molecule has 0 saturated heterocycles. The van der Waals surface area contributed by atoms with Crippen LogP contribution in [-0.2, 0) is 4.79 Å². The van der Waals surface area contributed by atoms with Crippen molar-refractivity contribution in [3.8, 4) is 0 Å². The Morgan fingerprint density at radius 2 is 2.09 bits per heavy atom. The van der Waals surface area contributed by atoms with Crippen LogP contribution in [-0.4, -0.2) is 5.78 Å². The number of hydrogen-bond acceptors (Lipinski definition) is 1. The minimum Gasteiger partial charge on any atom is -0.299 e. The number of hydrogen-bond donors (Lipinski definition) is 0. The third-order valence-electron chi connectivity index (χ3n) is 2.79. The van der Waals surface area contributed by atoms with E-state index in [-0.39, 0.29) is 0 Å². The van der Waals surface area contributed by atoms with Crippen molar-refractivity contribution in [1.82, 2.24) is 0 Å². The van der Waals surface area contributed by atoms with Crippen LogP contribution in [0, 0.1) is 17.8 Å². The quantitative estimate of drug-likeness (QED) is 0.567. The summed E-state index contributed by atoms with van der Waals surface area (Å²) in [6, 6.07) is 0. The Labute approximate surface area is 69.2 Å². The SMILES string of the molecule is CC(C)[C@@H]1C(=O)CCC[C@H]1C. The molecule has 0 N–H and O–H groups in total. The first-order valence-electron chi connectivity index (χ1n) is 4.65. The summed E-state index contributed by atoms with van der Waals surface area (Å²) in [6.07, 6.45) is 3.19. The number of carbonyl (C=O) groups excluding carboxylic acids is 1. The summed E-state index contributed by atoms with van der Waals surface area (Å²) < 4.78 is 0. The van der Waals surface area contributed by atoms with Gasteiger partial charge in [-0.2, -0.15) is 0 Å². The maximum atomic E-state index is 11.4. The number of ketones is 1. The second-order valence-electron chi connectivity index (χ2n) is 4.11. The molecular weight excluding hydrogens is 136 g/mol. The molecule has 0 aromatic heterocycles. The van der Waals surface area contributed by atoms with Gasteiger partial charge in [0.1, 0.15) is 5.78 Å². The molecule has 0 spiro atoms. The molecule has 1 heteroatoms. The minimum atomic E-state index is 0.351. The maximum Gasteiger partial charge on any atom is 0.136 e.